The Hall–Kier alpha value is -0.800. The molecule has 0 saturated carbocycles. The summed E-state index contributed by atoms with van der Waals surface area (Å²) < 4.78 is 3.38. The summed E-state index contributed by atoms with van der Waals surface area (Å²) in [7, 11) is 0. The third-order valence-corrected chi connectivity index (χ3v) is 3.26. The van der Waals surface area contributed by atoms with Gasteiger partial charge in [0, 0.05) is 34.8 Å². The van der Waals surface area contributed by atoms with Gasteiger partial charge in [-0.2, -0.15) is 0 Å². The molecule has 1 aromatic heterocycles. The van der Waals surface area contributed by atoms with Crippen molar-refractivity contribution >= 4 is 26.8 Å². The summed E-state index contributed by atoms with van der Waals surface area (Å²) in [4.78, 5) is 0. The molecule has 3 heteroatoms. The van der Waals surface area contributed by atoms with Crippen LogP contribution in [0.2, 0.25) is 0 Å². The zero-order valence-corrected chi connectivity index (χ0v) is 11.2. The summed E-state index contributed by atoms with van der Waals surface area (Å²) in [6, 6.07) is 8.87. The fourth-order valence-electron chi connectivity index (χ4n) is 2.17. The van der Waals surface area contributed by atoms with Crippen LogP contribution < -0.4 is 0 Å². The first-order valence-corrected chi connectivity index (χ1v) is 6.33. The molecule has 0 saturated heterocycles. The Bertz CT molecular complexity index is 502. The minimum atomic E-state index is 0.199. The molecule has 0 radical (unpaired) electrons. The number of benzene rings is 1. The van der Waals surface area contributed by atoms with Crippen LogP contribution >= 0.6 is 15.9 Å². The van der Waals surface area contributed by atoms with Gasteiger partial charge in [0.2, 0.25) is 0 Å². The lowest BCUT2D eigenvalue weighted by Gasteiger charge is -2.14. The highest BCUT2D eigenvalue weighted by atomic mass is 79.9. The lowest BCUT2D eigenvalue weighted by Crippen LogP contribution is -2.06. The molecule has 1 heterocycles. The molecule has 0 unspecified atom stereocenters. The molecule has 0 atom stereocenters. The van der Waals surface area contributed by atoms with E-state index in [0.717, 1.165) is 4.47 Å². The molecule has 1 N–H and O–H groups in total. The van der Waals surface area contributed by atoms with Crippen LogP contribution in [0.1, 0.15) is 25.6 Å². The van der Waals surface area contributed by atoms with Crippen LogP contribution in [0.5, 0.6) is 0 Å². The van der Waals surface area contributed by atoms with Crippen LogP contribution in [0.25, 0.3) is 10.9 Å². The van der Waals surface area contributed by atoms with Gasteiger partial charge in [-0.25, -0.2) is 0 Å². The molecule has 0 aliphatic rings. The van der Waals surface area contributed by atoms with Crippen molar-refractivity contribution in [1.29, 1.82) is 0 Å². The zero-order chi connectivity index (χ0) is 11.7. The van der Waals surface area contributed by atoms with Crippen molar-refractivity contribution in [3.63, 3.8) is 0 Å². The van der Waals surface area contributed by atoms with E-state index in [1.54, 1.807) is 0 Å². The molecule has 2 aromatic rings. The number of fused-ring (bicyclic) bond motifs is 1. The second-order valence-corrected chi connectivity index (χ2v) is 5.19. The number of hydrogen-bond donors (Lipinski definition) is 1. The van der Waals surface area contributed by atoms with E-state index >= 15 is 0 Å². The van der Waals surface area contributed by atoms with Crippen molar-refractivity contribution in [1.82, 2.24) is 4.57 Å². The average Bonchev–Trinajstić information content (AvgIpc) is 2.55. The average molecular weight is 282 g/mol. The second-order valence-electron chi connectivity index (χ2n) is 4.28. The molecule has 1 aromatic carbocycles. The smallest absolute Gasteiger partial charge is 0.0496 e. The van der Waals surface area contributed by atoms with E-state index in [4.69, 9.17) is 5.11 Å². The van der Waals surface area contributed by atoms with Crippen molar-refractivity contribution in [3.05, 3.63) is 34.4 Å². The lowest BCUT2D eigenvalue weighted by molar-refractivity contribution is 0.296. The number of nitrogens with zero attached hydrogens (tertiary/aromatic N) is 1. The summed E-state index contributed by atoms with van der Waals surface area (Å²) in [5.74, 6) is 0. The molecule has 0 aliphatic carbocycles. The maximum absolute atomic E-state index is 9.08. The Morgan fingerprint density at radius 2 is 2.06 bits per heavy atom. The summed E-state index contributed by atoms with van der Waals surface area (Å²) in [5.41, 5.74) is 2.43. The molecule has 2 nitrogen and oxygen atoms in total. The van der Waals surface area contributed by atoms with Gasteiger partial charge in [0.25, 0.3) is 0 Å². The van der Waals surface area contributed by atoms with E-state index in [-0.39, 0.29) is 6.61 Å². The van der Waals surface area contributed by atoms with Crippen molar-refractivity contribution in [2.75, 3.05) is 6.61 Å². The third kappa shape index (κ3) is 2.02. The number of aliphatic hydroxyl groups is 1. The van der Waals surface area contributed by atoms with Crippen molar-refractivity contribution in [2.24, 2.45) is 0 Å². The Kier molecular flexibility index (Phi) is 3.36. The van der Waals surface area contributed by atoms with Crippen LogP contribution in [0.3, 0.4) is 0 Å². The van der Waals surface area contributed by atoms with Crippen LogP contribution in [0.15, 0.2) is 28.7 Å². The molecule has 0 amide bonds. The standard InChI is InChI=1S/C13H16BrNO/c1-9(2)15-12(5-6-16)7-10-3-4-11(14)8-13(10)15/h3-4,7-9,16H,5-6H2,1-2H3. The fraction of sp³-hybridized carbons (Fsp3) is 0.385. The van der Waals surface area contributed by atoms with Crippen molar-refractivity contribution in [2.45, 2.75) is 26.3 Å². The number of aromatic nitrogens is 1. The molecular formula is C13H16BrNO. The van der Waals surface area contributed by atoms with Crippen LogP contribution in [-0.4, -0.2) is 16.3 Å². The van der Waals surface area contributed by atoms with Crippen LogP contribution in [0.4, 0.5) is 0 Å². The summed E-state index contributed by atoms with van der Waals surface area (Å²) in [6.45, 7) is 4.53. The Balaban J connectivity index is 2.67. The van der Waals surface area contributed by atoms with E-state index in [1.165, 1.54) is 16.6 Å². The first kappa shape index (κ1) is 11.7. The van der Waals surface area contributed by atoms with Crippen LogP contribution in [0, 0.1) is 0 Å². The molecule has 16 heavy (non-hydrogen) atoms. The lowest BCUT2D eigenvalue weighted by atomic mass is 10.2. The van der Waals surface area contributed by atoms with Gasteiger partial charge < -0.3 is 9.67 Å². The summed E-state index contributed by atoms with van der Waals surface area (Å²) in [6.07, 6.45) is 0.713. The van der Waals surface area contributed by atoms with Gasteiger partial charge in [0.15, 0.2) is 0 Å². The van der Waals surface area contributed by atoms with Gasteiger partial charge in [-0.15, -0.1) is 0 Å². The van der Waals surface area contributed by atoms with Crippen LogP contribution in [-0.2, 0) is 6.42 Å². The number of aliphatic hydroxyl groups excluding tert-OH is 1. The molecule has 86 valence electrons. The first-order chi connectivity index (χ1) is 7.63. The molecule has 0 fully saturated rings. The SMILES string of the molecule is CC(C)n1c(CCO)cc2ccc(Br)cc21. The minimum absolute atomic E-state index is 0.199. The quantitative estimate of drug-likeness (QED) is 0.915. The monoisotopic (exact) mass is 281 g/mol. The normalized spacial score (nSPS) is 11.6. The highest BCUT2D eigenvalue weighted by Crippen LogP contribution is 2.27. The van der Waals surface area contributed by atoms with Crippen molar-refractivity contribution in [3.8, 4) is 0 Å². The van der Waals surface area contributed by atoms with Gasteiger partial charge in [0.05, 0.1) is 0 Å². The largest absolute Gasteiger partial charge is 0.396 e. The molecule has 0 spiro atoms. The molecule has 2 rings (SSSR count). The maximum Gasteiger partial charge on any atom is 0.0496 e. The van der Waals surface area contributed by atoms with Gasteiger partial charge in [0.1, 0.15) is 0 Å². The second kappa shape index (κ2) is 4.60. The van der Waals surface area contributed by atoms with E-state index < -0.39 is 0 Å². The molecule has 0 aliphatic heterocycles. The third-order valence-electron chi connectivity index (χ3n) is 2.77. The Morgan fingerprint density at radius 3 is 2.69 bits per heavy atom. The number of rotatable bonds is 3. The molecule has 0 bridgehead atoms. The zero-order valence-electron chi connectivity index (χ0n) is 9.57. The first-order valence-electron chi connectivity index (χ1n) is 5.53. The summed E-state index contributed by atoms with van der Waals surface area (Å²) >= 11 is 3.50. The highest BCUT2D eigenvalue weighted by molar-refractivity contribution is 9.10. The van der Waals surface area contributed by atoms with E-state index in [9.17, 15) is 0 Å². The maximum atomic E-state index is 9.08. The summed E-state index contributed by atoms with van der Waals surface area (Å²) in [5, 5.41) is 10.3. The van der Waals surface area contributed by atoms with E-state index in [1.807, 2.05) is 0 Å². The number of halogens is 1. The predicted octanol–water partition coefficient (Wildman–Crippen LogP) is 3.52. The topological polar surface area (TPSA) is 25.2 Å². The van der Waals surface area contributed by atoms with Gasteiger partial charge >= 0.3 is 0 Å². The fourth-order valence-corrected chi connectivity index (χ4v) is 2.52. The van der Waals surface area contributed by atoms with Gasteiger partial charge in [-0.3, -0.25) is 0 Å². The predicted molar refractivity (Wildman–Crippen MR) is 70.8 cm³/mol. The minimum Gasteiger partial charge on any atom is -0.396 e. The Labute approximate surface area is 104 Å². The molecular weight excluding hydrogens is 266 g/mol. The van der Waals surface area contributed by atoms with Crippen molar-refractivity contribution < 1.29 is 5.11 Å². The highest BCUT2D eigenvalue weighted by Gasteiger charge is 2.11. The van der Waals surface area contributed by atoms with E-state index in [2.05, 4.69) is 58.6 Å². The number of hydrogen-bond acceptors (Lipinski definition) is 1. The van der Waals surface area contributed by atoms with Gasteiger partial charge in [-0.1, -0.05) is 22.0 Å². The Morgan fingerprint density at radius 1 is 1.31 bits per heavy atom. The van der Waals surface area contributed by atoms with Gasteiger partial charge in [-0.05, 0) is 37.4 Å². The van der Waals surface area contributed by atoms with E-state index in [0.29, 0.717) is 12.5 Å².